The molecule has 2 amide bonds. The minimum absolute atomic E-state index is 0.0478. The number of hydrogen-bond donors (Lipinski definition) is 4. The number of ether oxygens (including phenoxy) is 1. The van der Waals surface area contributed by atoms with E-state index in [0.717, 1.165) is 38.5 Å². The van der Waals surface area contributed by atoms with Crippen LogP contribution in [-0.2, 0) is 9.59 Å². The van der Waals surface area contributed by atoms with Gasteiger partial charge in [-0.05, 0) is 78.4 Å². The Morgan fingerprint density at radius 1 is 1.00 bits per heavy atom. The molecule has 3 aromatic carbocycles. The van der Waals surface area contributed by atoms with Gasteiger partial charge in [0.25, 0.3) is 5.88 Å². The van der Waals surface area contributed by atoms with Crippen LogP contribution in [0.2, 0.25) is 0 Å². The molecule has 0 aliphatic carbocycles. The number of phenolic OH excluding ortho intramolecular Hbond substituents is 1. The molecular weight excluding hydrogens is 755 g/mol. The molecular formula is C44H47N7O6S. The monoisotopic (exact) mass is 801 g/mol. The van der Waals surface area contributed by atoms with Crippen molar-refractivity contribution >= 4 is 28.8 Å². The quantitative estimate of drug-likeness (QED) is 0.0762. The van der Waals surface area contributed by atoms with Crippen LogP contribution in [0.5, 0.6) is 11.6 Å². The van der Waals surface area contributed by atoms with Gasteiger partial charge in [-0.25, -0.2) is 4.98 Å². The first-order valence-electron chi connectivity index (χ1n) is 19.4. The summed E-state index contributed by atoms with van der Waals surface area (Å²) in [7, 11) is 0. The number of phenols is 1. The SMILES string of the molecule is Cc1ncsc1-c1ccc([C@H](C)NC(=O)[C@@H]2C[C@@H](O)CN2C(=O)C(c2cc(OCCCNc3ccc(-c4cnnc(-c5ccccc5O)c4)cc3)no2)C(C)C)cc1. The third kappa shape index (κ3) is 9.19. The molecule has 3 aromatic heterocycles. The summed E-state index contributed by atoms with van der Waals surface area (Å²) in [6.45, 7) is 8.75. The minimum atomic E-state index is -0.830. The van der Waals surface area contributed by atoms with Crippen molar-refractivity contribution in [1.29, 1.82) is 0 Å². The number of hydrogen-bond acceptors (Lipinski definition) is 12. The van der Waals surface area contributed by atoms with Gasteiger partial charge >= 0.3 is 0 Å². The molecule has 0 saturated carbocycles. The van der Waals surface area contributed by atoms with Crippen molar-refractivity contribution in [1.82, 2.24) is 30.6 Å². The lowest BCUT2D eigenvalue weighted by molar-refractivity contribution is -0.141. The maximum Gasteiger partial charge on any atom is 0.254 e. The fourth-order valence-corrected chi connectivity index (χ4v) is 8.02. The molecule has 4 N–H and O–H groups in total. The fourth-order valence-electron chi connectivity index (χ4n) is 7.21. The number of anilines is 1. The van der Waals surface area contributed by atoms with Crippen molar-refractivity contribution in [2.24, 2.45) is 5.92 Å². The van der Waals surface area contributed by atoms with Crippen LogP contribution in [0.15, 0.2) is 101 Å². The number of carbonyl (C=O) groups excluding carboxylic acids is 2. The number of carbonyl (C=O) groups is 2. The number of thiazole rings is 1. The molecule has 7 rings (SSSR count). The van der Waals surface area contributed by atoms with Gasteiger partial charge in [0.05, 0.1) is 46.7 Å². The smallest absolute Gasteiger partial charge is 0.254 e. The van der Waals surface area contributed by atoms with Gasteiger partial charge in [0.1, 0.15) is 17.7 Å². The lowest BCUT2D eigenvalue weighted by Gasteiger charge is -2.29. The first kappa shape index (κ1) is 40.1. The molecule has 1 aliphatic heterocycles. The van der Waals surface area contributed by atoms with Gasteiger partial charge < -0.3 is 35.0 Å². The number of rotatable bonds is 15. The molecule has 0 radical (unpaired) electrons. The van der Waals surface area contributed by atoms with Crippen molar-refractivity contribution < 1.29 is 29.1 Å². The molecule has 14 heteroatoms. The van der Waals surface area contributed by atoms with E-state index in [9.17, 15) is 19.8 Å². The summed E-state index contributed by atoms with van der Waals surface area (Å²) in [5, 5.41) is 39.7. The van der Waals surface area contributed by atoms with Gasteiger partial charge in [0.15, 0.2) is 5.76 Å². The second kappa shape index (κ2) is 18.0. The topological polar surface area (TPSA) is 176 Å². The van der Waals surface area contributed by atoms with E-state index in [2.05, 4.69) is 31.0 Å². The molecule has 1 aliphatic rings. The number of aryl methyl sites for hydroxylation is 1. The number of nitrogens with one attached hydrogen (secondary N) is 2. The number of aromatic hydroxyl groups is 1. The number of para-hydroxylation sites is 1. The lowest BCUT2D eigenvalue weighted by atomic mass is 9.91. The Morgan fingerprint density at radius 2 is 1.76 bits per heavy atom. The maximum absolute atomic E-state index is 14.1. The highest BCUT2D eigenvalue weighted by atomic mass is 32.1. The Bertz CT molecular complexity index is 2330. The first-order valence-corrected chi connectivity index (χ1v) is 20.3. The highest BCUT2D eigenvalue weighted by Crippen LogP contribution is 2.34. The lowest BCUT2D eigenvalue weighted by Crippen LogP contribution is -2.48. The van der Waals surface area contributed by atoms with E-state index >= 15 is 0 Å². The maximum atomic E-state index is 14.1. The number of benzene rings is 3. The van der Waals surface area contributed by atoms with Crippen LogP contribution in [0.4, 0.5) is 5.69 Å². The summed E-state index contributed by atoms with van der Waals surface area (Å²) in [6.07, 6.45) is 1.68. The zero-order valence-electron chi connectivity index (χ0n) is 32.8. The molecule has 6 aromatic rings. The first-order chi connectivity index (χ1) is 28.0. The molecule has 13 nitrogen and oxygen atoms in total. The van der Waals surface area contributed by atoms with Crippen LogP contribution in [0.1, 0.15) is 62.6 Å². The summed E-state index contributed by atoms with van der Waals surface area (Å²) in [6, 6.07) is 25.4. The number of amides is 2. The van der Waals surface area contributed by atoms with E-state index in [4.69, 9.17) is 9.26 Å². The second-order valence-electron chi connectivity index (χ2n) is 14.9. The van der Waals surface area contributed by atoms with Gasteiger partial charge in [0.2, 0.25) is 11.8 Å². The largest absolute Gasteiger partial charge is 0.507 e. The number of aliphatic hydroxyl groups is 1. The van der Waals surface area contributed by atoms with E-state index in [0.29, 0.717) is 36.6 Å². The van der Waals surface area contributed by atoms with E-state index < -0.39 is 18.1 Å². The average Bonchev–Trinajstić information content (AvgIpc) is 3.98. The van der Waals surface area contributed by atoms with Gasteiger partial charge in [-0.2, -0.15) is 10.2 Å². The van der Waals surface area contributed by atoms with Crippen molar-refractivity contribution in [2.45, 2.75) is 64.6 Å². The predicted octanol–water partition coefficient (Wildman–Crippen LogP) is 7.40. The van der Waals surface area contributed by atoms with E-state index in [1.54, 1.807) is 41.8 Å². The third-order valence-electron chi connectivity index (χ3n) is 10.3. The Labute approximate surface area is 341 Å². The standard InChI is InChI=1S/C44H47N7O6S/c1-26(2)41(44(55)51-24-34(52)21-37(51)43(54)48-27(3)29-10-12-31(13-11-29)42-28(4)46-25-58-42)39-22-40(50-57-39)56-19-7-18-45-33-16-14-30(15-17-33)32-20-36(49-47-23-32)35-8-5-6-9-38(35)53/h5-6,8-17,20,22-23,25-27,34,37,41,45,52-53H,7,18-19,21,24H2,1-4H3,(H,48,54)/t27-,34+,37-,41?/m0/s1. The Kier molecular flexibility index (Phi) is 12.4. The summed E-state index contributed by atoms with van der Waals surface area (Å²) >= 11 is 1.59. The van der Waals surface area contributed by atoms with Gasteiger partial charge in [-0.1, -0.05) is 62.4 Å². The molecule has 300 valence electrons. The zero-order chi connectivity index (χ0) is 40.8. The summed E-state index contributed by atoms with van der Waals surface area (Å²) < 4.78 is 11.5. The van der Waals surface area contributed by atoms with Crippen molar-refractivity contribution in [3.05, 3.63) is 114 Å². The molecule has 4 heterocycles. The highest BCUT2D eigenvalue weighted by Gasteiger charge is 2.43. The number of nitrogens with zero attached hydrogens (tertiary/aromatic N) is 5. The third-order valence-corrected chi connectivity index (χ3v) is 11.3. The number of aromatic nitrogens is 4. The summed E-state index contributed by atoms with van der Waals surface area (Å²) in [5.41, 5.74) is 8.81. The Morgan fingerprint density at radius 3 is 2.48 bits per heavy atom. The van der Waals surface area contributed by atoms with Crippen molar-refractivity contribution in [2.75, 3.05) is 25.0 Å². The molecule has 58 heavy (non-hydrogen) atoms. The zero-order valence-corrected chi connectivity index (χ0v) is 33.6. The predicted molar refractivity (Wildman–Crippen MR) is 222 cm³/mol. The molecule has 1 fully saturated rings. The summed E-state index contributed by atoms with van der Waals surface area (Å²) in [5.74, 6) is -0.770. The Balaban J connectivity index is 0.900. The molecule has 1 unspecified atom stereocenters. The summed E-state index contributed by atoms with van der Waals surface area (Å²) in [4.78, 5) is 34.6. The number of likely N-dealkylation sites (tertiary alicyclic amines) is 1. The Hall–Kier alpha value is -6.12. The molecule has 4 atom stereocenters. The van der Waals surface area contributed by atoms with Crippen LogP contribution >= 0.6 is 11.3 Å². The van der Waals surface area contributed by atoms with Crippen LogP contribution in [0, 0.1) is 12.8 Å². The van der Waals surface area contributed by atoms with Crippen LogP contribution in [-0.4, -0.2) is 79.1 Å². The van der Waals surface area contributed by atoms with Gasteiger partial charge in [-0.15, -0.1) is 11.3 Å². The molecule has 0 bridgehead atoms. The normalized spacial score (nSPS) is 16.3. The average molecular weight is 802 g/mol. The molecule has 1 saturated heterocycles. The van der Waals surface area contributed by atoms with Crippen LogP contribution in [0.3, 0.4) is 0 Å². The van der Waals surface area contributed by atoms with Crippen LogP contribution < -0.4 is 15.4 Å². The van der Waals surface area contributed by atoms with E-state index in [1.807, 2.05) is 93.9 Å². The molecule has 0 spiro atoms. The van der Waals surface area contributed by atoms with Crippen LogP contribution in [0.25, 0.3) is 32.8 Å². The fraction of sp³-hybridized carbons (Fsp3) is 0.318. The number of aliphatic hydroxyl groups excluding tert-OH is 1. The van der Waals surface area contributed by atoms with Gasteiger partial charge in [-0.3, -0.25) is 9.59 Å². The minimum Gasteiger partial charge on any atom is -0.507 e. The highest BCUT2D eigenvalue weighted by molar-refractivity contribution is 7.13. The van der Waals surface area contributed by atoms with E-state index in [1.165, 1.54) is 4.90 Å². The van der Waals surface area contributed by atoms with Gasteiger partial charge in [0, 0.05) is 42.4 Å². The van der Waals surface area contributed by atoms with E-state index in [-0.39, 0.29) is 48.4 Å². The van der Waals surface area contributed by atoms with Crippen molar-refractivity contribution in [3.63, 3.8) is 0 Å². The second-order valence-corrected chi connectivity index (χ2v) is 15.7. The number of β-amino-alcohol motifs (C(OH)–C–C–N with tert-alkyl or cyclic N) is 1. The van der Waals surface area contributed by atoms with Crippen molar-refractivity contribution in [3.8, 4) is 44.5 Å².